The van der Waals surface area contributed by atoms with E-state index in [1.807, 2.05) is 17.9 Å². The first-order valence-corrected chi connectivity index (χ1v) is 9.97. The molecule has 1 aromatic carbocycles. The van der Waals surface area contributed by atoms with E-state index >= 15 is 0 Å². The Bertz CT molecular complexity index is 868. The molecule has 0 atom stereocenters. The summed E-state index contributed by atoms with van der Waals surface area (Å²) in [6, 6.07) is 6.16. The minimum Gasteiger partial charge on any atom is -0.466 e. The van der Waals surface area contributed by atoms with Gasteiger partial charge in [0.25, 0.3) is 5.88 Å². The van der Waals surface area contributed by atoms with Crippen molar-refractivity contribution >= 4 is 17.5 Å². The fourth-order valence-electron chi connectivity index (χ4n) is 3.86. The molecule has 0 amide bonds. The summed E-state index contributed by atoms with van der Waals surface area (Å²) < 4.78 is 16.5. The lowest BCUT2D eigenvalue weighted by molar-refractivity contribution is -0.149. The molecule has 2 aliphatic heterocycles. The third kappa shape index (κ3) is 4.18. The summed E-state index contributed by atoms with van der Waals surface area (Å²) >= 11 is 0. The van der Waals surface area contributed by atoms with Gasteiger partial charge in [0.15, 0.2) is 11.6 Å². The molecule has 4 rings (SSSR count). The van der Waals surface area contributed by atoms with Gasteiger partial charge < -0.3 is 14.2 Å². The number of carbonyl (C=O) groups excluding carboxylic acids is 1. The largest absolute Gasteiger partial charge is 0.466 e. The predicted octanol–water partition coefficient (Wildman–Crippen LogP) is 3.10. The number of rotatable bonds is 6. The second kappa shape index (κ2) is 8.75. The first-order chi connectivity index (χ1) is 14.2. The van der Waals surface area contributed by atoms with Gasteiger partial charge in [-0.25, -0.2) is 9.97 Å². The van der Waals surface area contributed by atoms with Crippen LogP contribution in [0.4, 0.5) is 11.5 Å². The van der Waals surface area contributed by atoms with Gasteiger partial charge in [0.05, 0.1) is 18.2 Å². The van der Waals surface area contributed by atoms with E-state index in [9.17, 15) is 4.79 Å². The lowest BCUT2D eigenvalue weighted by Crippen LogP contribution is -2.36. The summed E-state index contributed by atoms with van der Waals surface area (Å²) in [6.45, 7) is 5.24. The molecular weight excluding hydrogens is 372 g/mol. The predicted molar refractivity (Wildman–Crippen MR) is 107 cm³/mol. The number of piperidine rings is 1. The molecule has 0 spiro atoms. The van der Waals surface area contributed by atoms with E-state index in [4.69, 9.17) is 14.2 Å². The fraction of sp³-hybridized carbons (Fsp3) is 0.476. The lowest BCUT2D eigenvalue weighted by Gasteiger charge is -2.32. The molecule has 1 aromatic heterocycles. The zero-order chi connectivity index (χ0) is 20.2. The van der Waals surface area contributed by atoms with Crippen molar-refractivity contribution in [1.29, 1.82) is 0 Å². The maximum atomic E-state index is 11.9. The number of likely N-dealkylation sites (tertiary alicyclic amines) is 1. The molecule has 29 heavy (non-hydrogen) atoms. The van der Waals surface area contributed by atoms with Gasteiger partial charge in [-0.1, -0.05) is 6.07 Å². The number of methoxy groups -OCH3 is 1. The van der Waals surface area contributed by atoms with E-state index in [2.05, 4.69) is 27.0 Å². The summed E-state index contributed by atoms with van der Waals surface area (Å²) in [5, 5.41) is 0. The number of carbonyl (C=O) groups is 1. The molecule has 0 N–H and O–H groups in total. The fourth-order valence-corrected chi connectivity index (χ4v) is 3.86. The first kappa shape index (κ1) is 19.6. The van der Waals surface area contributed by atoms with Crippen molar-refractivity contribution < 1.29 is 19.0 Å². The molecular formula is C21H26N4O4. The topological polar surface area (TPSA) is 77.0 Å². The van der Waals surface area contributed by atoms with Gasteiger partial charge in [0.1, 0.15) is 6.73 Å². The first-order valence-electron chi connectivity index (χ1n) is 9.97. The van der Waals surface area contributed by atoms with Crippen molar-refractivity contribution in [2.45, 2.75) is 26.3 Å². The molecule has 2 aliphatic rings. The number of aromatic nitrogens is 2. The number of anilines is 2. The molecule has 0 unspecified atom stereocenters. The smallest absolute Gasteiger partial charge is 0.309 e. The number of hydrogen-bond donors (Lipinski definition) is 0. The SMILES string of the molecule is CCOC(=O)C1CCN(Cc2ccc3c(c2)N(COC)c2nccnc2O3)CC1. The van der Waals surface area contributed by atoms with Crippen molar-refractivity contribution in [3.8, 4) is 11.6 Å². The Labute approximate surface area is 170 Å². The van der Waals surface area contributed by atoms with E-state index < -0.39 is 0 Å². The van der Waals surface area contributed by atoms with Crippen LogP contribution in [-0.4, -0.2) is 54.4 Å². The molecule has 0 radical (unpaired) electrons. The van der Waals surface area contributed by atoms with Crippen LogP contribution < -0.4 is 9.64 Å². The summed E-state index contributed by atoms with van der Waals surface area (Å²) in [6.07, 6.45) is 4.94. The van der Waals surface area contributed by atoms with Crippen molar-refractivity contribution in [1.82, 2.24) is 14.9 Å². The minimum atomic E-state index is -0.0620. The molecule has 1 saturated heterocycles. The second-order valence-electron chi connectivity index (χ2n) is 7.24. The highest BCUT2D eigenvalue weighted by Crippen LogP contribution is 2.44. The number of benzene rings is 1. The number of hydrogen-bond acceptors (Lipinski definition) is 8. The molecule has 0 saturated carbocycles. The Kier molecular flexibility index (Phi) is 5.92. The Morgan fingerprint density at radius 2 is 2.03 bits per heavy atom. The van der Waals surface area contributed by atoms with Crippen LogP contribution in [0.1, 0.15) is 25.3 Å². The lowest BCUT2D eigenvalue weighted by atomic mass is 9.96. The van der Waals surface area contributed by atoms with Crippen LogP contribution in [0.15, 0.2) is 30.6 Å². The van der Waals surface area contributed by atoms with Crippen LogP contribution >= 0.6 is 0 Å². The molecule has 3 heterocycles. The summed E-state index contributed by atoms with van der Waals surface area (Å²) in [5.74, 6) is 1.82. The number of nitrogens with zero attached hydrogens (tertiary/aromatic N) is 4. The van der Waals surface area contributed by atoms with E-state index in [0.717, 1.165) is 43.9 Å². The van der Waals surface area contributed by atoms with Crippen LogP contribution in [0.3, 0.4) is 0 Å². The normalized spacial score (nSPS) is 16.7. The monoisotopic (exact) mass is 398 g/mol. The molecule has 8 heteroatoms. The highest BCUT2D eigenvalue weighted by atomic mass is 16.5. The van der Waals surface area contributed by atoms with E-state index in [0.29, 0.717) is 25.0 Å². The Hall–Kier alpha value is -2.71. The van der Waals surface area contributed by atoms with E-state index in [-0.39, 0.29) is 11.9 Å². The molecule has 2 aromatic rings. The van der Waals surface area contributed by atoms with Crippen LogP contribution in [-0.2, 0) is 20.8 Å². The van der Waals surface area contributed by atoms with Crippen LogP contribution in [0.25, 0.3) is 0 Å². The molecule has 8 nitrogen and oxygen atoms in total. The average molecular weight is 398 g/mol. The second-order valence-corrected chi connectivity index (χ2v) is 7.24. The van der Waals surface area contributed by atoms with Gasteiger partial charge in [-0.2, -0.15) is 0 Å². The summed E-state index contributed by atoms with van der Waals surface area (Å²) in [4.78, 5) is 25.0. The Morgan fingerprint density at radius 3 is 2.79 bits per heavy atom. The zero-order valence-corrected chi connectivity index (χ0v) is 16.8. The van der Waals surface area contributed by atoms with Gasteiger partial charge in [0.2, 0.25) is 0 Å². The standard InChI is InChI=1S/C21H26N4O4/c1-3-28-21(26)16-6-10-24(11-7-16)13-15-4-5-18-17(12-15)25(14-27-2)19-20(29-18)23-9-8-22-19/h4-5,8-9,12,16H,3,6-7,10-11,13-14H2,1-2H3. The Balaban J connectivity index is 1.47. The van der Waals surface area contributed by atoms with Crippen molar-refractivity contribution in [2.75, 3.05) is 38.4 Å². The zero-order valence-electron chi connectivity index (χ0n) is 16.8. The van der Waals surface area contributed by atoms with Crippen LogP contribution in [0.5, 0.6) is 11.6 Å². The third-order valence-corrected chi connectivity index (χ3v) is 5.29. The van der Waals surface area contributed by atoms with Gasteiger partial charge >= 0.3 is 5.97 Å². The molecule has 0 aliphatic carbocycles. The number of fused-ring (bicyclic) bond motifs is 2. The minimum absolute atomic E-state index is 0.0235. The van der Waals surface area contributed by atoms with Crippen LogP contribution in [0, 0.1) is 5.92 Å². The van der Waals surface area contributed by atoms with Gasteiger partial charge in [-0.15, -0.1) is 0 Å². The molecule has 0 bridgehead atoms. The third-order valence-electron chi connectivity index (χ3n) is 5.29. The number of esters is 1. The van der Waals surface area contributed by atoms with Gasteiger partial charge in [-0.3, -0.25) is 14.6 Å². The van der Waals surface area contributed by atoms with Crippen molar-refractivity contribution in [2.24, 2.45) is 5.92 Å². The van der Waals surface area contributed by atoms with Crippen molar-refractivity contribution in [3.05, 3.63) is 36.2 Å². The summed E-state index contributed by atoms with van der Waals surface area (Å²) in [5.41, 5.74) is 2.09. The van der Waals surface area contributed by atoms with E-state index in [1.54, 1.807) is 19.5 Å². The van der Waals surface area contributed by atoms with Gasteiger partial charge in [0, 0.05) is 26.0 Å². The molecule has 1 fully saturated rings. The highest BCUT2D eigenvalue weighted by Gasteiger charge is 2.28. The number of ether oxygens (including phenoxy) is 3. The van der Waals surface area contributed by atoms with Gasteiger partial charge in [-0.05, 0) is 50.6 Å². The van der Waals surface area contributed by atoms with E-state index in [1.165, 1.54) is 5.56 Å². The summed E-state index contributed by atoms with van der Waals surface area (Å²) in [7, 11) is 1.66. The highest BCUT2D eigenvalue weighted by molar-refractivity contribution is 5.74. The Morgan fingerprint density at radius 1 is 1.24 bits per heavy atom. The quantitative estimate of drug-likeness (QED) is 0.687. The molecule has 154 valence electrons. The van der Waals surface area contributed by atoms with Crippen molar-refractivity contribution in [3.63, 3.8) is 0 Å². The average Bonchev–Trinajstić information content (AvgIpc) is 2.75. The maximum Gasteiger partial charge on any atom is 0.309 e. The maximum absolute atomic E-state index is 11.9. The van der Waals surface area contributed by atoms with Crippen LogP contribution in [0.2, 0.25) is 0 Å².